The summed E-state index contributed by atoms with van der Waals surface area (Å²) in [5.74, 6) is -1.29. The normalized spacial score (nSPS) is 17.3. The summed E-state index contributed by atoms with van der Waals surface area (Å²) in [7, 11) is -4.28. The first kappa shape index (κ1) is 20.0. The number of nitrogens with one attached hydrogen (secondary N) is 2. The molecular weight excluding hydrogens is 406 g/mol. The van der Waals surface area contributed by atoms with Crippen LogP contribution in [-0.4, -0.2) is 30.1 Å². The van der Waals surface area contributed by atoms with Gasteiger partial charge in [-0.05, 0) is 39.6 Å². The molecule has 0 spiro atoms. The maximum atomic E-state index is 12.7. The third kappa shape index (κ3) is 4.30. The number of rotatable bonds is 7. The second kappa shape index (κ2) is 8.19. The van der Waals surface area contributed by atoms with Gasteiger partial charge in [-0.2, -0.15) is 18.6 Å². The first-order valence-corrected chi connectivity index (χ1v) is 10.6. The van der Waals surface area contributed by atoms with E-state index in [0.29, 0.717) is 10.1 Å². The highest BCUT2D eigenvalue weighted by Crippen LogP contribution is 2.25. The molecule has 0 saturated heterocycles. The largest absolute Gasteiger partial charge is 0.480 e. The predicted octanol–water partition coefficient (Wildman–Crippen LogP) is 2.56. The predicted molar refractivity (Wildman–Crippen MR) is 110 cm³/mol. The SMILES string of the molecule is O=C(O)C(Cc1ccccc1)NS(=O)(=O)N1N=NC(c2ccc3ccccc3c2)N1. The summed E-state index contributed by atoms with van der Waals surface area (Å²) in [5.41, 5.74) is 4.10. The Morgan fingerprint density at radius 2 is 1.77 bits per heavy atom. The minimum atomic E-state index is -4.28. The van der Waals surface area contributed by atoms with Crippen molar-refractivity contribution in [3.63, 3.8) is 0 Å². The third-order valence-corrected chi connectivity index (χ3v) is 5.89. The topological polar surface area (TPSA) is 123 Å². The first-order valence-electron chi connectivity index (χ1n) is 9.17. The number of fused-ring (bicyclic) bond motifs is 1. The van der Waals surface area contributed by atoms with Crippen molar-refractivity contribution in [1.29, 1.82) is 0 Å². The van der Waals surface area contributed by atoms with Crippen molar-refractivity contribution in [2.75, 3.05) is 0 Å². The Balaban J connectivity index is 1.47. The number of nitrogens with zero attached hydrogens (tertiary/aromatic N) is 3. The minimum Gasteiger partial charge on any atom is -0.480 e. The number of carboxylic acids is 1. The molecule has 3 aromatic carbocycles. The molecule has 0 saturated carbocycles. The van der Waals surface area contributed by atoms with Crippen LogP contribution in [0.2, 0.25) is 0 Å². The summed E-state index contributed by atoms with van der Waals surface area (Å²) >= 11 is 0. The van der Waals surface area contributed by atoms with E-state index in [4.69, 9.17) is 0 Å². The zero-order valence-corrected chi connectivity index (χ0v) is 16.5. The maximum Gasteiger partial charge on any atom is 0.332 e. The number of hydrogen-bond acceptors (Lipinski definition) is 6. The molecule has 154 valence electrons. The molecule has 0 aromatic heterocycles. The van der Waals surface area contributed by atoms with Gasteiger partial charge in [0, 0.05) is 0 Å². The van der Waals surface area contributed by atoms with E-state index in [1.807, 2.05) is 42.5 Å². The van der Waals surface area contributed by atoms with Crippen LogP contribution in [0.4, 0.5) is 0 Å². The van der Waals surface area contributed by atoms with Gasteiger partial charge in [-0.1, -0.05) is 71.3 Å². The molecule has 0 radical (unpaired) electrons. The third-order valence-electron chi connectivity index (χ3n) is 4.67. The second-order valence-corrected chi connectivity index (χ2v) is 8.32. The van der Waals surface area contributed by atoms with Gasteiger partial charge in [0.2, 0.25) is 0 Å². The van der Waals surface area contributed by atoms with Crippen LogP contribution in [-0.2, 0) is 21.4 Å². The minimum absolute atomic E-state index is 0.00547. The van der Waals surface area contributed by atoms with E-state index in [-0.39, 0.29) is 6.42 Å². The Labute approximate surface area is 173 Å². The van der Waals surface area contributed by atoms with E-state index in [1.54, 1.807) is 30.3 Å². The number of aliphatic carboxylic acids is 1. The van der Waals surface area contributed by atoms with Gasteiger partial charge in [-0.15, -0.1) is 5.11 Å². The van der Waals surface area contributed by atoms with E-state index >= 15 is 0 Å². The Kier molecular flexibility index (Phi) is 5.44. The van der Waals surface area contributed by atoms with Crippen molar-refractivity contribution < 1.29 is 18.3 Å². The lowest BCUT2D eigenvalue weighted by molar-refractivity contribution is -0.138. The van der Waals surface area contributed by atoms with Crippen LogP contribution in [0.1, 0.15) is 17.3 Å². The van der Waals surface area contributed by atoms with Gasteiger partial charge < -0.3 is 5.11 Å². The molecule has 0 aliphatic carbocycles. The zero-order chi connectivity index (χ0) is 21.1. The summed E-state index contributed by atoms with van der Waals surface area (Å²) in [4.78, 5) is 11.6. The van der Waals surface area contributed by atoms with E-state index in [9.17, 15) is 18.3 Å². The average Bonchev–Trinajstić information content (AvgIpc) is 3.25. The van der Waals surface area contributed by atoms with Gasteiger partial charge in [0.25, 0.3) is 0 Å². The van der Waals surface area contributed by atoms with Crippen LogP contribution in [0.3, 0.4) is 0 Å². The van der Waals surface area contributed by atoms with Crippen molar-refractivity contribution in [3.05, 3.63) is 83.9 Å². The van der Waals surface area contributed by atoms with Crippen LogP contribution < -0.4 is 10.1 Å². The van der Waals surface area contributed by atoms with Crippen molar-refractivity contribution in [2.24, 2.45) is 10.3 Å². The van der Waals surface area contributed by atoms with Crippen LogP contribution in [0.25, 0.3) is 10.8 Å². The Morgan fingerprint density at radius 1 is 1.07 bits per heavy atom. The molecule has 1 heterocycles. The van der Waals surface area contributed by atoms with Crippen LogP contribution in [0.15, 0.2) is 83.1 Å². The van der Waals surface area contributed by atoms with Gasteiger partial charge in [0.05, 0.1) is 0 Å². The molecule has 0 fully saturated rings. The molecule has 30 heavy (non-hydrogen) atoms. The lowest BCUT2D eigenvalue weighted by Crippen LogP contribution is -2.50. The van der Waals surface area contributed by atoms with Crippen LogP contribution in [0.5, 0.6) is 0 Å². The van der Waals surface area contributed by atoms with Crippen molar-refractivity contribution >= 4 is 27.0 Å². The van der Waals surface area contributed by atoms with E-state index < -0.39 is 28.4 Å². The number of benzene rings is 3. The second-order valence-electron chi connectivity index (χ2n) is 6.79. The summed E-state index contributed by atoms with van der Waals surface area (Å²) in [5, 5.41) is 19.1. The first-order chi connectivity index (χ1) is 14.4. The number of carboxylic acid groups (broad SMARTS) is 1. The highest BCUT2D eigenvalue weighted by Gasteiger charge is 2.33. The van der Waals surface area contributed by atoms with Gasteiger partial charge in [0.15, 0.2) is 6.17 Å². The summed E-state index contributed by atoms with van der Waals surface area (Å²) in [6.45, 7) is 0. The Hall–Kier alpha value is -3.34. The maximum absolute atomic E-state index is 12.7. The lowest BCUT2D eigenvalue weighted by Gasteiger charge is -2.19. The molecular formula is C20H19N5O4S. The fourth-order valence-corrected chi connectivity index (χ4v) is 4.17. The number of hydrazine groups is 1. The molecule has 1 aliphatic rings. The molecule has 3 N–H and O–H groups in total. The molecule has 0 amide bonds. The highest BCUT2D eigenvalue weighted by molar-refractivity contribution is 7.87. The molecule has 0 bridgehead atoms. The molecule has 10 heteroatoms. The quantitative estimate of drug-likeness (QED) is 0.537. The highest BCUT2D eigenvalue weighted by atomic mass is 32.2. The fourth-order valence-electron chi connectivity index (χ4n) is 3.15. The van der Waals surface area contributed by atoms with Crippen LogP contribution >= 0.6 is 0 Å². The zero-order valence-electron chi connectivity index (χ0n) is 15.7. The van der Waals surface area contributed by atoms with E-state index in [1.165, 1.54) is 0 Å². The number of carbonyl (C=O) groups is 1. The molecule has 9 nitrogen and oxygen atoms in total. The fraction of sp³-hybridized carbons (Fsp3) is 0.150. The number of hydrogen-bond donors (Lipinski definition) is 3. The van der Waals surface area contributed by atoms with Crippen LogP contribution in [0, 0.1) is 0 Å². The standard InChI is InChI=1S/C20H19N5O4S/c26-20(27)18(12-14-6-2-1-3-7-14)23-30(28,29)25-22-19(21-24-25)17-11-10-15-8-4-5-9-16(15)13-17/h1-11,13,18-19,22-23H,12H2,(H,26,27). The lowest BCUT2D eigenvalue weighted by atomic mass is 10.1. The van der Waals surface area contributed by atoms with Gasteiger partial charge in [-0.25, -0.2) is 0 Å². The van der Waals surface area contributed by atoms with Gasteiger partial charge in [-0.3, -0.25) is 4.79 Å². The van der Waals surface area contributed by atoms with E-state index in [0.717, 1.165) is 16.3 Å². The van der Waals surface area contributed by atoms with Crippen molar-refractivity contribution in [3.8, 4) is 0 Å². The van der Waals surface area contributed by atoms with E-state index in [2.05, 4.69) is 20.5 Å². The Bertz CT molecular complexity index is 1200. The molecule has 3 aromatic rings. The molecule has 2 atom stereocenters. The molecule has 4 rings (SSSR count). The average molecular weight is 425 g/mol. The smallest absolute Gasteiger partial charge is 0.332 e. The van der Waals surface area contributed by atoms with Gasteiger partial charge >= 0.3 is 16.2 Å². The molecule has 2 unspecified atom stereocenters. The molecule has 1 aliphatic heterocycles. The Morgan fingerprint density at radius 3 is 2.50 bits per heavy atom. The summed E-state index contributed by atoms with van der Waals surface area (Å²) in [6, 6.07) is 20.8. The summed E-state index contributed by atoms with van der Waals surface area (Å²) in [6.07, 6.45) is -0.710. The van der Waals surface area contributed by atoms with Crippen molar-refractivity contribution in [2.45, 2.75) is 18.6 Å². The summed E-state index contributed by atoms with van der Waals surface area (Å²) < 4.78 is 28.1. The monoisotopic (exact) mass is 425 g/mol. The van der Waals surface area contributed by atoms with Crippen molar-refractivity contribution in [1.82, 2.24) is 14.7 Å². The van der Waals surface area contributed by atoms with Gasteiger partial charge in [0.1, 0.15) is 6.04 Å².